The molecule has 0 bridgehead atoms. The number of ether oxygens (including phenoxy) is 1. The van der Waals surface area contributed by atoms with Crippen LogP contribution in [0.2, 0.25) is 0 Å². The van der Waals surface area contributed by atoms with Crippen LogP contribution in [0.15, 0.2) is 41.3 Å². The van der Waals surface area contributed by atoms with Crippen LogP contribution in [0.5, 0.6) is 5.75 Å². The summed E-state index contributed by atoms with van der Waals surface area (Å²) in [5, 5.41) is 9.53. The lowest BCUT2D eigenvalue weighted by Crippen LogP contribution is -2.32. The first-order valence-corrected chi connectivity index (χ1v) is 8.88. The molecular weight excluding hydrogens is 332 g/mol. The summed E-state index contributed by atoms with van der Waals surface area (Å²) in [5.41, 5.74) is 2.19. The molecule has 1 aliphatic heterocycles. The summed E-state index contributed by atoms with van der Waals surface area (Å²) in [6.07, 6.45) is 3.57. The molecule has 0 unspecified atom stereocenters. The summed E-state index contributed by atoms with van der Waals surface area (Å²) in [6.45, 7) is 3.59. The van der Waals surface area contributed by atoms with Gasteiger partial charge in [0.1, 0.15) is 13.2 Å². The molecule has 1 aromatic heterocycles. The Morgan fingerprint density at radius 2 is 1.96 bits per heavy atom. The van der Waals surface area contributed by atoms with Crippen molar-refractivity contribution in [2.75, 3.05) is 13.1 Å². The SMILES string of the molecule is Cc1ccccc1COc1cn(CC(=O)N2CCCC2)c(CO)cc1=O. The highest BCUT2D eigenvalue weighted by Crippen LogP contribution is 2.14. The van der Waals surface area contributed by atoms with Gasteiger partial charge in [-0.3, -0.25) is 9.59 Å². The maximum absolute atomic E-state index is 12.4. The minimum Gasteiger partial charge on any atom is -0.483 e. The van der Waals surface area contributed by atoms with E-state index in [0.29, 0.717) is 5.69 Å². The van der Waals surface area contributed by atoms with Crippen LogP contribution in [0.3, 0.4) is 0 Å². The molecule has 1 amide bonds. The van der Waals surface area contributed by atoms with Gasteiger partial charge >= 0.3 is 0 Å². The number of rotatable bonds is 6. The molecule has 0 aliphatic carbocycles. The number of aliphatic hydroxyl groups excluding tert-OH is 1. The predicted molar refractivity (Wildman–Crippen MR) is 97.9 cm³/mol. The topological polar surface area (TPSA) is 71.8 Å². The van der Waals surface area contributed by atoms with Crippen LogP contribution in [0.4, 0.5) is 0 Å². The lowest BCUT2D eigenvalue weighted by Gasteiger charge is -2.19. The van der Waals surface area contributed by atoms with Gasteiger partial charge in [-0.1, -0.05) is 24.3 Å². The van der Waals surface area contributed by atoms with Crippen molar-refractivity contribution in [1.29, 1.82) is 0 Å². The molecule has 1 N–H and O–H groups in total. The number of aromatic nitrogens is 1. The van der Waals surface area contributed by atoms with Crippen molar-refractivity contribution in [2.24, 2.45) is 0 Å². The smallest absolute Gasteiger partial charge is 0.242 e. The van der Waals surface area contributed by atoms with E-state index in [2.05, 4.69) is 0 Å². The zero-order valence-electron chi connectivity index (χ0n) is 15.0. The van der Waals surface area contributed by atoms with Crippen molar-refractivity contribution >= 4 is 5.91 Å². The molecule has 2 heterocycles. The number of pyridine rings is 1. The molecule has 1 fully saturated rings. The molecule has 26 heavy (non-hydrogen) atoms. The van der Waals surface area contributed by atoms with E-state index in [-0.39, 0.29) is 36.8 Å². The van der Waals surface area contributed by atoms with Crippen molar-refractivity contribution in [3.05, 3.63) is 63.6 Å². The minimum absolute atomic E-state index is 0.00861. The third-order valence-electron chi connectivity index (χ3n) is 4.75. The monoisotopic (exact) mass is 356 g/mol. The molecule has 0 radical (unpaired) electrons. The van der Waals surface area contributed by atoms with Gasteiger partial charge < -0.3 is 19.3 Å². The van der Waals surface area contributed by atoms with Crippen LogP contribution in [-0.4, -0.2) is 33.6 Å². The molecule has 0 atom stereocenters. The number of benzene rings is 1. The second-order valence-corrected chi connectivity index (χ2v) is 6.58. The van der Waals surface area contributed by atoms with Gasteiger partial charge in [-0.2, -0.15) is 0 Å². The van der Waals surface area contributed by atoms with Gasteiger partial charge in [0.05, 0.1) is 12.8 Å². The van der Waals surface area contributed by atoms with E-state index >= 15 is 0 Å². The summed E-state index contributed by atoms with van der Waals surface area (Å²) < 4.78 is 7.32. The zero-order valence-corrected chi connectivity index (χ0v) is 15.0. The molecular formula is C20H24N2O4. The summed E-state index contributed by atoms with van der Waals surface area (Å²) in [7, 11) is 0. The summed E-state index contributed by atoms with van der Waals surface area (Å²) >= 11 is 0. The van der Waals surface area contributed by atoms with Crippen LogP contribution in [0.25, 0.3) is 0 Å². The fourth-order valence-corrected chi connectivity index (χ4v) is 3.13. The Bertz CT molecular complexity index is 838. The van der Waals surface area contributed by atoms with Gasteiger partial charge in [-0.05, 0) is 30.9 Å². The van der Waals surface area contributed by atoms with Crippen molar-refractivity contribution < 1.29 is 14.6 Å². The Hall–Kier alpha value is -2.60. The maximum atomic E-state index is 12.4. The number of likely N-dealkylation sites (tertiary alicyclic amines) is 1. The standard InChI is InChI=1S/C20H24N2O4/c1-15-6-2-3-7-16(15)14-26-19-11-22(17(13-23)10-18(19)24)12-20(25)21-8-4-5-9-21/h2-3,6-7,10-11,23H,4-5,8-9,12-14H2,1H3. The fourth-order valence-electron chi connectivity index (χ4n) is 3.13. The zero-order chi connectivity index (χ0) is 18.5. The number of hydrogen-bond donors (Lipinski definition) is 1. The Balaban J connectivity index is 1.78. The van der Waals surface area contributed by atoms with Crippen molar-refractivity contribution in [3.8, 4) is 5.75 Å². The first-order chi connectivity index (χ1) is 12.6. The molecule has 0 spiro atoms. The van der Waals surface area contributed by atoms with Crippen LogP contribution in [-0.2, 0) is 24.6 Å². The van der Waals surface area contributed by atoms with Crippen molar-refractivity contribution in [2.45, 2.75) is 39.5 Å². The molecule has 138 valence electrons. The predicted octanol–water partition coefficient (Wildman–Crippen LogP) is 1.85. The Kier molecular flexibility index (Phi) is 5.73. The molecule has 6 heteroatoms. The van der Waals surface area contributed by atoms with E-state index in [4.69, 9.17) is 4.74 Å². The average molecular weight is 356 g/mol. The van der Waals surface area contributed by atoms with Crippen molar-refractivity contribution in [1.82, 2.24) is 9.47 Å². The van der Waals surface area contributed by atoms with E-state index in [1.165, 1.54) is 12.3 Å². The molecule has 0 saturated carbocycles. The van der Waals surface area contributed by atoms with E-state index < -0.39 is 0 Å². The van der Waals surface area contributed by atoms with E-state index in [1.54, 1.807) is 4.57 Å². The average Bonchev–Trinajstić information content (AvgIpc) is 3.17. The lowest BCUT2D eigenvalue weighted by atomic mass is 10.1. The number of aryl methyl sites for hydroxylation is 1. The number of aliphatic hydroxyl groups is 1. The second-order valence-electron chi connectivity index (χ2n) is 6.58. The summed E-state index contributed by atoms with van der Waals surface area (Å²) in [4.78, 5) is 26.5. The van der Waals surface area contributed by atoms with Crippen LogP contribution < -0.4 is 10.2 Å². The second kappa shape index (κ2) is 8.19. The number of carbonyl (C=O) groups is 1. The van der Waals surface area contributed by atoms with Gasteiger partial charge in [0, 0.05) is 24.8 Å². The molecule has 6 nitrogen and oxygen atoms in total. The Morgan fingerprint density at radius 1 is 1.23 bits per heavy atom. The van der Waals surface area contributed by atoms with Gasteiger partial charge in [-0.15, -0.1) is 0 Å². The van der Waals surface area contributed by atoms with E-state index in [9.17, 15) is 14.7 Å². The van der Waals surface area contributed by atoms with Gasteiger partial charge in [-0.25, -0.2) is 0 Å². The largest absolute Gasteiger partial charge is 0.483 e. The van der Waals surface area contributed by atoms with Gasteiger partial charge in [0.2, 0.25) is 11.3 Å². The van der Waals surface area contributed by atoms with Gasteiger partial charge in [0.25, 0.3) is 0 Å². The maximum Gasteiger partial charge on any atom is 0.242 e. The molecule has 1 aromatic carbocycles. The highest BCUT2D eigenvalue weighted by Gasteiger charge is 2.19. The first-order valence-electron chi connectivity index (χ1n) is 8.88. The normalized spacial score (nSPS) is 13.8. The third kappa shape index (κ3) is 4.14. The van der Waals surface area contributed by atoms with Crippen LogP contribution in [0, 0.1) is 6.92 Å². The summed E-state index contributed by atoms with van der Waals surface area (Å²) in [5.74, 6) is 0.172. The van der Waals surface area contributed by atoms with Gasteiger partial charge in [0.15, 0.2) is 5.75 Å². The van der Waals surface area contributed by atoms with E-state index in [1.807, 2.05) is 36.1 Å². The number of nitrogens with zero attached hydrogens (tertiary/aromatic N) is 2. The molecule has 3 rings (SSSR count). The minimum atomic E-state index is -0.305. The van der Waals surface area contributed by atoms with E-state index in [0.717, 1.165) is 37.1 Å². The highest BCUT2D eigenvalue weighted by atomic mass is 16.5. The van der Waals surface area contributed by atoms with Crippen molar-refractivity contribution in [3.63, 3.8) is 0 Å². The molecule has 1 aliphatic rings. The number of carbonyl (C=O) groups excluding carboxylic acids is 1. The Morgan fingerprint density at radius 3 is 2.65 bits per heavy atom. The highest BCUT2D eigenvalue weighted by molar-refractivity contribution is 5.76. The molecule has 1 saturated heterocycles. The quantitative estimate of drug-likeness (QED) is 0.857. The van der Waals surface area contributed by atoms with Crippen LogP contribution in [0.1, 0.15) is 29.7 Å². The first kappa shape index (κ1) is 18.2. The number of amides is 1. The summed E-state index contributed by atoms with van der Waals surface area (Å²) in [6, 6.07) is 9.15. The Labute approximate surface area is 152 Å². The number of hydrogen-bond acceptors (Lipinski definition) is 4. The fraction of sp³-hybridized carbons (Fsp3) is 0.400. The molecule has 2 aromatic rings. The van der Waals surface area contributed by atoms with Crippen LogP contribution >= 0.6 is 0 Å². The lowest BCUT2D eigenvalue weighted by molar-refractivity contribution is -0.130. The third-order valence-corrected chi connectivity index (χ3v) is 4.75.